The molecule has 16 heavy (non-hydrogen) atoms. The van der Waals surface area contributed by atoms with Gasteiger partial charge in [0.25, 0.3) is 5.56 Å². The van der Waals surface area contributed by atoms with Gasteiger partial charge in [-0.2, -0.15) is 0 Å². The van der Waals surface area contributed by atoms with Crippen LogP contribution in [0.25, 0.3) is 0 Å². The van der Waals surface area contributed by atoms with Gasteiger partial charge < -0.3 is 4.57 Å². The Kier molecular flexibility index (Phi) is 5.81. The predicted molar refractivity (Wildman–Crippen MR) is 71.9 cm³/mol. The van der Waals surface area contributed by atoms with Gasteiger partial charge in [0.1, 0.15) is 0 Å². The summed E-state index contributed by atoms with van der Waals surface area (Å²) in [5.41, 5.74) is 0.946. The van der Waals surface area contributed by atoms with Crippen molar-refractivity contribution in [3.05, 3.63) is 32.7 Å². The van der Waals surface area contributed by atoms with Crippen LogP contribution in [-0.4, -0.2) is 4.57 Å². The molecule has 1 heterocycles. The number of unbranched alkanes of at least 4 members (excludes halogenated alkanes) is 4. The molecule has 90 valence electrons. The van der Waals surface area contributed by atoms with Gasteiger partial charge in [0, 0.05) is 22.8 Å². The van der Waals surface area contributed by atoms with Crippen molar-refractivity contribution in [1.82, 2.24) is 4.57 Å². The third kappa shape index (κ3) is 4.12. The lowest BCUT2D eigenvalue weighted by molar-refractivity contribution is 0.556. The summed E-state index contributed by atoms with van der Waals surface area (Å²) < 4.78 is 2.80. The Morgan fingerprint density at radius 3 is 2.62 bits per heavy atom. The lowest BCUT2D eigenvalue weighted by Crippen LogP contribution is -2.21. The summed E-state index contributed by atoms with van der Waals surface area (Å²) in [6.07, 6.45) is 8.03. The lowest BCUT2D eigenvalue weighted by atomic mass is 10.1. The van der Waals surface area contributed by atoms with E-state index in [0.29, 0.717) is 0 Å². The third-order valence-electron chi connectivity index (χ3n) is 2.73. The SMILES string of the molecule is CCCCCCCn1cc(Br)cc(C)c1=O. The predicted octanol–water partition coefficient (Wildman–Crippen LogP) is 3.89. The van der Waals surface area contributed by atoms with E-state index in [1.807, 2.05) is 23.8 Å². The molecule has 0 saturated heterocycles. The largest absolute Gasteiger partial charge is 0.314 e. The zero-order valence-electron chi connectivity index (χ0n) is 10.1. The second kappa shape index (κ2) is 6.89. The first kappa shape index (κ1) is 13.5. The highest BCUT2D eigenvalue weighted by Gasteiger charge is 2.01. The van der Waals surface area contributed by atoms with Crippen LogP contribution in [0, 0.1) is 6.92 Å². The standard InChI is InChI=1S/C13H20BrNO/c1-3-4-5-6-7-8-15-10-12(14)9-11(2)13(15)16/h9-10H,3-8H2,1-2H3. The van der Waals surface area contributed by atoms with E-state index in [1.165, 1.54) is 25.7 Å². The van der Waals surface area contributed by atoms with Gasteiger partial charge in [0.15, 0.2) is 0 Å². The summed E-state index contributed by atoms with van der Waals surface area (Å²) in [7, 11) is 0. The molecule has 0 aliphatic heterocycles. The number of hydrogen-bond acceptors (Lipinski definition) is 1. The van der Waals surface area contributed by atoms with Crippen LogP contribution in [0.3, 0.4) is 0 Å². The Labute approximate surface area is 106 Å². The highest BCUT2D eigenvalue weighted by Crippen LogP contribution is 2.09. The summed E-state index contributed by atoms with van der Waals surface area (Å²) in [4.78, 5) is 11.8. The number of aromatic nitrogens is 1. The second-order valence-corrected chi connectivity index (χ2v) is 5.17. The van der Waals surface area contributed by atoms with Gasteiger partial charge in [0.05, 0.1) is 0 Å². The summed E-state index contributed by atoms with van der Waals surface area (Å²) in [6, 6.07) is 1.87. The molecule has 1 rings (SSSR count). The minimum atomic E-state index is 0.138. The molecule has 1 aromatic heterocycles. The van der Waals surface area contributed by atoms with Crippen molar-refractivity contribution in [1.29, 1.82) is 0 Å². The molecule has 0 saturated carbocycles. The van der Waals surface area contributed by atoms with Crippen LogP contribution in [0.5, 0.6) is 0 Å². The summed E-state index contributed by atoms with van der Waals surface area (Å²) >= 11 is 3.42. The number of halogens is 1. The Morgan fingerprint density at radius 2 is 1.94 bits per heavy atom. The summed E-state index contributed by atoms with van der Waals surface area (Å²) in [5.74, 6) is 0. The lowest BCUT2D eigenvalue weighted by Gasteiger charge is -2.07. The molecular weight excluding hydrogens is 266 g/mol. The van der Waals surface area contributed by atoms with Crippen LogP contribution >= 0.6 is 15.9 Å². The fourth-order valence-electron chi connectivity index (χ4n) is 1.79. The van der Waals surface area contributed by atoms with E-state index < -0.39 is 0 Å². The van der Waals surface area contributed by atoms with Crippen molar-refractivity contribution in [3.63, 3.8) is 0 Å². The van der Waals surface area contributed by atoms with Crippen LogP contribution in [0.15, 0.2) is 21.5 Å². The fourth-order valence-corrected chi connectivity index (χ4v) is 2.38. The van der Waals surface area contributed by atoms with Crippen molar-refractivity contribution in [2.75, 3.05) is 0 Å². The molecule has 0 aliphatic rings. The highest BCUT2D eigenvalue weighted by molar-refractivity contribution is 9.10. The number of hydrogen-bond donors (Lipinski definition) is 0. The molecule has 0 atom stereocenters. The minimum absolute atomic E-state index is 0.138. The van der Waals surface area contributed by atoms with Crippen LogP contribution < -0.4 is 5.56 Å². The van der Waals surface area contributed by atoms with Crippen molar-refractivity contribution < 1.29 is 0 Å². The van der Waals surface area contributed by atoms with Crippen molar-refractivity contribution in [2.24, 2.45) is 0 Å². The van der Waals surface area contributed by atoms with E-state index in [1.54, 1.807) is 0 Å². The molecule has 0 spiro atoms. The van der Waals surface area contributed by atoms with Gasteiger partial charge in [0.2, 0.25) is 0 Å². The number of nitrogens with zero attached hydrogens (tertiary/aromatic N) is 1. The Balaban J connectivity index is 2.51. The van der Waals surface area contributed by atoms with Crippen molar-refractivity contribution in [3.8, 4) is 0 Å². The number of pyridine rings is 1. The normalized spacial score (nSPS) is 10.7. The highest BCUT2D eigenvalue weighted by atomic mass is 79.9. The van der Waals surface area contributed by atoms with Crippen LogP contribution in [0.1, 0.15) is 44.6 Å². The molecule has 0 aromatic carbocycles. The van der Waals surface area contributed by atoms with Crippen molar-refractivity contribution >= 4 is 15.9 Å². The molecule has 0 amide bonds. The van der Waals surface area contributed by atoms with Crippen LogP contribution in [0.4, 0.5) is 0 Å². The molecule has 0 radical (unpaired) electrons. The molecule has 0 fully saturated rings. The van der Waals surface area contributed by atoms with E-state index in [9.17, 15) is 4.79 Å². The molecule has 1 aromatic rings. The average molecular weight is 286 g/mol. The van der Waals surface area contributed by atoms with Gasteiger partial charge in [-0.05, 0) is 35.3 Å². The van der Waals surface area contributed by atoms with Crippen LogP contribution in [0.2, 0.25) is 0 Å². The second-order valence-electron chi connectivity index (χ2n) is 4.25. The minimum Gasteiger partial charge on any atom is -0.314 e. The van der Waals surface area contributed by atoms with E-state index in [2.05, 4.69) is 22.9 Å². The number of aryl methyl sites for hydroxylation is 2. The molecule has 0 N–H and O–H groups in total. The molecular formula is C13H20BrNO. The van der Waals surface area contributed by atoms with Gasteiger partial charge in [-0.3, -0.25) is 4.79 Å². The average Bonchev–Trinajstić information content (AvgIpc) is 2.24. The number of rotatable bonds is 6. The first-order chi connectivity index (χ1) is 7.65. The van der Waals surface area contributed by atoms with E-state index in [0.717, 1.165) is 23.0 Å². The molecule has 0 unspecified atom stereocenters. The first-order valence-corrected chi connectivity index (χ1v) is 6.81. The van der Waals surface area contributed by atoms with E-state index in [-0.39, 0.29) is 5.56 Å². The van der Waals surface area contributed by atoms with Crippen molar-refractivity contribution in [2.45, 2.75) is 52.5 Å². The Hall–Kier alpha value is -0.570. The molecule has 0 bridgehead atoms. The topological polar surface area (TPSA) is 22.0 Å². The van der Waals surface area contributed by atoms with Gasteiger partial charge in [-0.15, -0.1) is 0 Å². The third-order valence-corrected chi connectivity index (χ3v) is 3.17. The zero-order valence-corrected chi connectivity index (χ0v) is 11.7. The van der Waals surface area contributed by atoms with Gasteiger partial charge in [-0.25, -0.2) is 0 Å². The van der Waals surface area contributed by atoms with Gasteiger partial charge >= 0.3 is 0 Å². The maximum atomic E-state index is 11.8. The maximum absolute atomic E-state index is 11.8. The first-order valence-electron chi connectivity index (χ1n) is 6.01. The maximum Gasteiger partial charge on any atom is 0.253 e. The monoisotopic (exact) mass is 285 g/mol. The van der Waals surface area contributed by atoms with E-state index in [4.69, 9.17) is 0 Å². The molecule has 3 heteroatoms. The summed E-state index contributed by atoms with van der Waals surface area (Å²) in [5, 5.41) is 0. The van der Waals surface area contributed by atoms with E-state index >= 15 is 0 Å². The Morgan fingerprint density at radius 1 is 1.25 bits per heavy atom. The quantitative estimate of drug-likeness (QED) is 0.727. The fraction of sp³-hybridized carbons (Fsp3) is 0.615. The van der Waals surface area contributed by atoms with Crippen LogP contribution in [-0.2, 0) is 6.54 Å². The Bertz CT molecular complexity index is 384. The van der Waals surface area contributed by atoms with Gasteiger partial charge in [-0.1, -0.05) is 32.6 Å². The zero-order chi connectivity index (χ0) is 12.0. The molecule has 2 nitrogen and oxygen atoms in total. The summed E-state index contributed by atoms with van der Waals surface area (Å²) in [6.45, 7) is 4.91. The smallest absolute Gasteiger partial charge is 0.253 e. The molecule has 0 aliphatic carbocycles.